The Morgan fingerprint density at radius 1 is 1.16 bits per heavy atom. The summed E-state index contributed by atoms with van der Waals surface area (Å²) in [5.41, 5.74) is 0.641. The van der Waals surface area contributed by atoms with Gasteiger partial charge in [0.1, 0.15) is 15.0 Å². The molecule has 7 nitrogen and oxygen atoms in total. The first-order valence-electron chi connectivity index (χ1n) is 9.50. The Labute approximate surface area is 196 Å². The van der Waals surface area contributed by atoms with Crippen LogP contribution in [-0.2, 0) is 14.9 Å². The number of nitrogens with zero attached hydrogens (tertiary/aromatic N) is 1. The lowest BCUT2D eigenvalue weighted by Gasteiger charge is -2.13. The molecule has 1 heterocycles. The molecule has 1 amide bonds. The van der Waals surface area contributed by atoms with Crippen molar-refractivity contribution >= 4 is 50.4 Å². The molecule has 1 saturated heterocycles. The molecule has 2 aromatic carbocycles. The molecule has 0 unspecified atom stereocenters. The van der Waals surface area contributed by atoms with E-state index in [4.69, 9.17) is 25.9 Å². The minimum absolute atomic E-state index is 0.0179. The van der Waals surface area contributed by atoms with Gasteiger partial charge in [-0.25, -0.2) is 0 Å². The first-order valence-corrected chi connectivity index (χ1v) is 12.1. The van der Waals surface area contributed by atoms with Gasteiger partial charge in [0.05, 0.1) is 18.6 Å². The molecule has 2 aromatic rings. The summed E-state index contributed by atoms with van der Waals surface area (Å²) in [6.45, 7) is 6.04. The van der Waals surface area contributed by atoms with Gasteiger partial charge < -0.3 is 13.7 Å². The molecule has 32 heavy (non-hydrogen) atoms. The SMILES string of the molecule is C=CCN1C(=O)/C(=C\c2ccc(OS(=O)(=O)c3ccc(OC)cc3)c(OCC)c2)SC1=S. The van der Waals surface area contributed by atoms with Crippen LogP contribution in [0.15, 0.2) is 64.9 Å². The highest BCUT2D eigenvalue weighted by Gasteiger charge is 2.31. The second kappa shape index (κ2) is 10.2. The van der Waals surface area contributed by atoms with Crippen LogP contribution >= 0.6 is 24.0 Å². The fourth-order valence-corrected chi connectivity index (χ4v) is 5.01. The predicted molar refractivity (Wildman–Crippen MR) is 128 cm³/mol. The number of hydrogen-bond donors (Lipinski definition) is 0. The van der Waals surface area contributed by atoms with E-state index in [-0.39, 0.29) is 22.3 Å². The number of thioether (sulfide) groups is 1. The van der Waals surface area contributed by atoms with Gasteiger partial charge in [-0.05, 0) is 55.0 Å². The molecule has 1 fully saturated rings. The topological polar surface area (TPSA) is 82.1 Å². The highest BCUT2D eigenvalue weighted by molar-refractivity contribution is 8.26. The standard InChI is InChI=1S/C22H21NO6S3/c1-4-12-23-21(24)20(31-22(23)30)14-15-6-11-18(19(13-15)28-5-2)29-32(25,26)17-9-7-16(27-3)8-10-17/h4,6-11,13-14H,1,5,12H2,2-3H3/b20-14+. The molecule has 0 N–H and O–H groups in total. The Hall–Kier alpha value is -2.82. The maximum absolute atomic E-state index is 12.7. The van der Waals surface area contributed by atoms with Gasteiger partial charge in [0.2, 0.25) is 0 Å². The Balaban J connectivity index is 1.88. The first-order chi connectivity index (χ1) is 15.3. The Morgan fingerprint density at radius 2 is 1.88 bits per heavy atom. The zero-order valence-electron chi connectivity index (χ0n) is 17.4. The molecule has 1 aliphatic rings. The number of thiocarbonyl (C=S) groups is 1. The smallest absolute Gasteiger partial charge is 0.339 e. The molecular weight excluding hydrogens is 470 g/mol. The average Bonchev–Trinajstić information content (AvgIpc) is 3.03. The lowest BCUT2D eigenvalue weighted by Crippen LogP contribution is -2.27. The molecule has 0 bridgehead atoms. The van der Waals surface area contributed by atoms with Crippen molar-refractivity contribution in [3.05, 3.63) is 65.6 Å². The van der Waals surface area contributed by atoms with Crippen molar-refractivity contribution in [1.29, 1.82) is 0 Å². The van der Waals surface area contributed by atoms with Crippen molar-refractivity contribution in [2.45, 2.75) is 11.8 Å². The van der Waals surface area contributed by atoms with Crippen LogP contribution in [0.1, 0.15) is 12.5 Å². The van der Waals surface area contributed by atoms with E-state index >= 15 is 0 Å². The van der Waals surface area contributed by atoms with E-state index in [0.717, 1.165) is 0 Å². The second-order valence-corrected chi connectivity index (χ2v) is 9.66. The number of carbonyl (C=O) groups is 1. The number of ether oxygens (including phenoxy) is 2. The van der Waals surface area contributed by atoms with E-state index in [2.05, 4.69) is 6.58 Å². The number of benzene rings is 2. The summed E-state index contributed by atoms with van der Waals surface area (Å²) in [4.78, 5) is 14.4. The van der Waals surface area contributed by atoms with Crippen LogP contribution in [0.5, 0.6) is 17.2 Å². The normalized spacial score (nSPS) is 15.2. The second-order valence-electron chi connectivity index (χ2n) is 6.43. The van der Waals surface area contributed by atoms with Crippen molar-refractivity contribution in [2.75, 3.05) is 20.3 Å². The molecular formula is C22H21NO6S3. The van der Waals surface area contributed by atoms with Crippen LogP contribution in [0.3, 0.4) is 0 Å². The summed E-state index contributed by atoms with van der Waals surface area (Å²) >= 11 is 6.44. The van der Waals surface area contributed by atoms with Crippen molar-refractivity contribution in [3.63, 3.8) is 0 Å². The van der Waals surface area contributed by atoms with Gasteiger partial charge in [0.15, 0.2) is 11.5 Å². The molecule has 0 aliphatic carbocycles. The molecule has 3 rings (SSSR count). The van der Waals surface area contributed by atoms with Gasteiger partial charge in [0, 0.05) is 6.54 Å². The summed E-state index contributed by atoms with van der Waals surface area (Å²) in [6, 6.07) is 10.6. The highest BCUT2D eigenvalue weighted by Crippen LogP contribution is 2.35. The van der Waals surface area contributed by atoms with E-state index in [1.165, 1.54) is 54.1 Å². The van der Waals surface area contributed by atoms with Crippen molar-refractivity contribution in [1.82, 2.24) is 4.90 Å². The zero-order chi connectivity index (χ0) is 23.3. The van der Waals surface area contributed by atoms with Gasteiger partial charge in [-0.2, -0.15) is 8.42 Å². The fourth-order valence-electron chi connectivity index (χ4n) is 2.80. The molecule has 1 aliphatic heterocycles. The van der Waals surface area contributed by atoms with E-state index in [9.17, 15) is 13.2 Å². The summed E-state index contributed by atoms with van der Waals surface area (Å²) in [5, 5.41) is 0. The highest BCUT2D eigenvalue weighted by atomic mass is 32.2. The Morgan fingerprint density at radius 3 is 2.50 bits per heavy atom. The third-order valence-corrected chi connectivity index (χ3v) is 6.92. The average molecular weight is 492 g/mol. The summed E-state index contributed by atoms with van der Waals surface area (Å²) in [6.07, 6.45) is 3.28. The lowest BCUT2D eigenvalue weighted by atomic mass is 10.2. The Bertz CT molecular complexity index is 1170. The zero-order valence-corrected chi connectivity index (χ0v) is 19.9. The minimum Gasteiger partial charge on any atom is -0.497 e. The number of methoxy groups -OCH3 is 1. The molecule has 0 radical (unpaired) electrons. The van der Waals surface area contributed by atoms with Crippen LogP contribution in [0.4, 0.5) is 0 Å². The maximum atomic E-state index is 12.7. The van der Waals surface area contributed by atoms with E-state index in [1.54, 1.807) is 31.2 Å². The number of amides is 1. The molecule has 0 atom stereocenters. The maximum Gasteiger partial charge on any atom is 0.339 e. The third kappa shape index (κ3) is 5.32. The monoisotopic (exact) mass is 491 g/mol. The number of carbonyl (C=O) groups excluding carboxylic acids is 1. The Kier molecular flexibility index (Phi) is 7.60. The predicted octanol–water partition coefficient (Wildman–Crippen LogP) is 4.25. The third-order valence-electron chi connectivity index (χ3n) is 4.30. The van der Waals surface area contributed by atoms with Gasteiger partial charge in [0.25, 0.3) is 5.91 Å². The minimum atomic E-state index is -4.09. The number of hydrogen-bond acceptors (Lipinski definition) is 8. The van der Waals surface area contributed by atoms with Gasteiger partial charge >= 0.3 is 10.1 Å². The van der Waals surface area contributed by atoms with Crippen molar-refractivity contribution < 1.29 is 26.9 Å². The lowest BCUT2D eigenvalue weighted by molar-refractivity contribution is -0.121. The van der Waals surface area contributed by atoms with Gasteiger partial charge in [-0.1, -0.05) is 36.1 Å². The van der Waals surface area contributed by atoms with Gasteiger partial charge in [-0.3, -0.25) is 9.69 Å². The van der Waals surface area contributed by atoms with Crippen molar-refractivity contribution in [2.24, 2.45) is 0 Å². The van der Waals surface area contributed by atoms with E-state index < -0.39 is 10.1 Å². The van der Waals surface area contributed by atoms with Crippen LogP contribution in [0.25, 0.3) is 6.08 Å². The summed E-state index contributed by atoms with van der Waals surface area (Å²) in [7, 11) is -2.59. The van der Waals surface area contributed by atoms with Crippen LogP contribution < -0.4 is 13.7 Å². The summed E-state index contributed by atoms with van der Waals surface area (Å²) < 4.78 is 41.8. The number of rotatable bonds is 9. The van der Waals surface area contributed by atoms with E-state index in [1.807, 2.05) is 0 Å². The van der Waals surface area contributed by atoms with Crippen LogP contribution in [-0.4, -0.2) is 43.8 Å². The van der Waals surface area contributed by atoms with Crippen LogP contribution in [0.2, 0.25) is 0 Å². The van der Waals surface area contributed by atoms with Crippen molar-refractivity contribution in [3.8, 4) is 17.2 Å². The first kappa shape index (κ1) is 23.8. The molecule has 0 aromatic heterocycles. The molecule has 0 spiro atoms. The molecule has 0 saturated carbocycles. The fraction of sp³-hybridized carbons (Fsp3) is 0.182. The molecule has 168 valence electrons. The largest absolute Gasteiger partial charge is 0.497 e. The van der Waals surface area contributed by atoms with E-state index in [0.29, 0.717) is 33.7 Å². The van der Waals surface area contributed by atoms with Gasteiger partial charge in [-0.15, -0.1) is 6.58 Å². The molecule has 10 heteroatoms. The summed E-state index contributed by atoms with van der Waals surface area (Å²) in [5.74, 6) is 0.598. The quantitative estimate of drug-likeness (QED) is 0.223. The van der Waals surface area contributed by atoms with Crippen LogP contribution in [0, 0.1) is 0 Å².